The van der Waals surface area contributed by atoms with Crippen LogP contribution < -0.4 is 15.4 Å². The number of carbonyl (C=O) groups excluding carboxylic acids is 1. The maximum atomic E-state index is 12.2. The predicted molar refractivity (Wildman–Crippen MR) is 90.8 cm³/mol. The Balaban J connectivity index is 0.00000176. The van der Waals surface area contributed by atoms with Gasteiger partial charge in [-0.05, 0) is 75.9 Å². The molecule has 1 saturated heterocycles. The molecule has 3 rings (SSSR count). The van der Waals surface area contributed by atoms with E-state index in [2.05, 4.69) is 10.6 Å². The molecule has 2 aliphatic rings. The SMILES string of the molecule is Cl.O=C(Nc1ccc(OC2CCCC2)cc1)C1CCNCC1. The zero-order valence-corrected chi connectivity index (χ0v) is 13.7. The Kier molecular flexibility index (Phi) is 6.52. The van der Waals surface area contributed by atoms with Crippen LogP contribution in [-0.4, -0.2) is 25.1 Å². The lowest BCUT2D eigenvalue weighted by Crippen LogP contribution is -2.34. The number of anilines is 1. The van der Waals surface area contributed by atoms with E-state index >= 15 is 0 Å². The van der Waals surface area contributed by atoms with Gasteiger partial charge in [-0.15, -0.1) is 12.4 Å². The van der Waals surface area contributed by atoms with E-state index in [9.17, 15) is 4.79 Å². The highest BCUT2D eigenvalue weighted by atomic mass is 35.5. The lowest BCUT2D eigenvalue weighted by molar-refractivity contribution is -0.120. The molecule has 0 atom stereocenters. The fraction of sp³-hybridized carbons (Fsp3) is 0.588. The van der Waals surface area contributed by atoms with Crippen molar-refractivity contribution in [3.05, 3.63) is 24.3 Å². The van der Waals surface area contributed by atoms with Crippen molar-refractivity contribution in [2.75, 3.05) is 18.4 Å². The standard InChI is InChI=1S/C17H24N2O2.ClH/c20-17(13-9-11-18-12-10-13)19-14-5-7-16(8-6-14)21-15-3-1-2-4-15;/h5-8,13,15,18H,1-4,9-12H2,(H,19,20);1H. The van der Waals surface area contributed by atoms with Crippen molar-refractivity contribution in [1.82, 2.24) is 5.32 Å². The highest BCUT2D eigenvalue weighted by Gasteiger charge is 2.21. The van der Waals surface area contributed by atoms with Gasteiger partial charge >= 0.3 is 0 Å². The van der Waals surface area contributed by atoms with Gasteiger partial charge in [-0.3, -0.25) is 4.79 Å². The second-order valence-corrected chi connectivity index (χ2v) is 6.06. The van der Waals surface area contributed by atoms with Gasteiger partial charge in [0.2, 0.25) is 5.91 Å². The summed E-state index contributed by atoms with van der Waals surface area (Å²) in [6, 6.07) is 7.78. The zero-order chi connectivity index (χ0) is 14.5. The summed E-state index contributed by atoms with van der Waals surface area (Å²) in [4.78, 5) is 12.2. The van der Waals surface area contributed by atoms with Crippen LogP contribution in [-0.2, 0) is 4.79 Å². The summed E-state index contributed by atoms with van der Waals surface area (Å²) in [6.45, 7) is 1.87. The average Bonchev–Trinajstić information content (AvgIpc) is 3.03. The molecule has 0 aromatic heterocycles. The summed E-state index contributed by atoms with van der Waals surface area (Å²) < 4.78 is 5.93. The number of hydrogen-bond donors (Lipinski definition) is 2. The van der Waals surface area contributed by atoms with Crippen LogP contribution in [0.2, 0.25) is 0 Å². The number of nitrogens with one attached hydrogen (secondary N) is 2. The normalized spacial score (nSPS) is 19.5. The first-order chi connectivity index (χ1) is 10.3. The molecule has 4 nitrogen and oxygen atoms in total. The van der Waals surface area contributed by atoms with E-state index in [1.54, 1.807) is 0 Å². The second-order valence-electron chi connectivity index (χ2n) is 6.06. The van der Waals surface area contributed by atoms with Crippen molar-refractivity contribution in [3.8, 4) is 5.75 Å². The first-order valence-corrected chi connectivity index (χ1v) is 8.09. The smallest absolute Gasteiger partial charge is 0.227 e. The Hall–Kier alpha value is -1.26. The Morgan fingerprint density at radius 3 is 2.32 bits per heavy atom. The average molecular weight is 325 g/mol. The molecule has 0 bridgehead atoms. The first-order valence-electron chi connectivity index (χ1n) is 8.09. The predicted octanol–water partition coefficient (Wildman–Crippen LogP) is 3.37. The van der Waals surface area contributed by atoms with Gasteiger partial charge in [0.25, 0.3) is 0 Å². The topological polar surface area (TPSA) is 50.4 Å². The number of ether oxygens (including phenoxy) is 1. The molecule has 5 heteroatoms. The van der Waals surface area contributed by atoms with Crippen LogP contribution in [0.15, 0.2) is 24.3 Å². The molecule has 1 aliphatic heterocycles. The third-order valence-corrected chi connectivity index (χ3v) is 4.44. The molecule has 1 aromatic carbocycles. The minimum Gasteiger partial charge on any atom is -0.490 e. The summed E-state index contributed by atoms with van der Waals surface area (Å²) in [5.74, 6) is 1.18. The summed E-state index contributed by atoms with van der Waals surface area (Å²) in [7, 11) is 0. The van der Waals surface area contributed by atoms with Gasteiger partial charge in [0.15, 0.2) is 0 Å². The van der Waals surface area contributed by atoms with E-state index in [1.165, 1.54) is 12.8 Å². The van der Waals surface area contributed by atoms with Gasteiger partial charge in [-0.1, -0.05) is 0 Å². The number of hydrogen-bond acceptors (Lipinski definition) is 3. The monoisotopic (exact) mass is 324 g/mol. The van der Waals surface area contributed by atoms with Crippen LogP contribution in [0.3, 0.4) is 0 Å². The molecular formula is C17H25ClN2O2. The summed E-state index contributed by atoms with van der Waals surface area (Å²) in [6.07, 6.45) is 7.09. The summed E-state index contributed by atoms with van der Waals surface area (Å²) in [5.41, 5.74) is 0.859. The van der Waals surface area contributed by atoms with Gasteiger partial charge in [-0.2, -0.15) is 0 Å². The largest absolute Gasteiger partial charge is 0.490 e. The van der Waals surface area contributed by atoms with Crippen LogP contribution >= 0.6 is 12.4 Å². The minimum absolute atomic E-state index is 0. The quantitative estimate of drug-likeness (QED) is 0.892. The van der Waals surface area contributed by atoms with E-state index in [0.717, 1.165) is 50.2 Å². The molecule has 1 heterocycles. The lowest BCUT2D eigenvalue weighted by Gasteiger charge is -2.21. The number of benzene rings is 1. The number of piperidine rings is 1. The number of rotatable bonds is 4. The Morgan fingerprint density at radius 2 is 1.68 bits per heavy atom. The molecule has 2 fully saturated rings. The van der Waals surface area contributed by atoms with E-state index < -0.39 is 0 Å². The van der Waals surface area contributed by atoms with E-state index in [1.807, 2.05) is 24.3 Å². The number of carbonyl (C=O) groups is 1. The van der Waals surface area contributed by atoms with Gasteiger partial charge < -0.3 is 15.4 Å². The molecule has 1 aliphatic carbocycles. The Bertz CT molecular complexity index is 466. The van der Waals surface area contributed by atoms with Gasteiger partial charge in [0.05, 0.1) is 6.10 Å². The van der Waals surface area contributed by atoms with Crippen LogP contribution in [0.5, 0.6) is 5.75 Å². The highest BCUT2D eigenvalue weighted by Crippen LogP contribution is 2.25. The number of amides is 1. The second kappa shape index (κ2) is 8.39. The maximum Gasteiger partial charge on any atom is 0.227 e. The van der Waals surface area contributed by atoms with Crippen LogP contribution in [0.25, 0.3) is 0 Å². The molecule has 1 amide bonds. The van der Waals surface area contributed by atoms with Gasteiger partial charge in [0.1, 0.15) is 5.75 Å². The summed E-state index contributed by atoms with van der Waals surface area (Å²) in [5, 5.41) is 6.29. The van der Waals surface area contributed by atoms with E-state index in [-0.39, 0.29) is 24.2 Å². The molecular weight excluding hydrogens is 300 g/mol. The van der Waals surface area contributed by atoms with E-state index in [4.69, 9.17) is 4.74 Å². The molecule has 0 unspecified atom stereocenters. The van der Waals surface area contributed by atoms with Crippen LogP contribution in [0.1, 0.15) is 38.5 Å². The molecule has 122 valence electrons. The zero-order valence-electron chi connectivity index (χ0n) is 12.8. The molecule has 2 N–H and O–H groups in total. The third-order valence-electron chi connectivity index (χ3n) is 4.44. The molecule has 22 heavy (non-hydrogen) atoms. The van der Waals surface area contributed by atoms with Gasteiger partial charge in [0, 0.05) is 11.6 Å². The minimum atomic E-state index is 0. The molecule has 0 radical (unpaired) electrons. The maximum absolute atomic E-state index is 12.2. The van der Waals surface area contributed by atoms with Crippen molar-refractivity contribution in [2.45, 2.75) is 44.6 Å². The fourth-order valence-corrected chi connectivity index (χ4v) is 3.14. The Morgan fingerprint density at radius 1 is 1.05 bits per heavy atom. The molecule has 1 aromatic rings. The van der Waals surface area contributed by atoms with Crippen molar-refractivity contribution >= 4 is 24.0 Å². The molecule has 0 spiro atoms. The first kappa shape index (κ1) is 17.1. The molecule has 1 saturated carbocycles. The van der Waals surface area contributed by atoms with Crippen LogP contribution in [0.4, 0.5) is 5.69 Å². The fourth-order valence-electron chi connectivity index (χ4n) is 3.14. The lowest BCUT2D eigenvalue weighted by atomic mass is 9.97. The Labute approximate surface area is 138 Å². The van der Waals surface area contributed by atoms with E-state index in [0.29, 0.717) is 6.10 Å². The third kappa shape index (κ3) is 4.62. The van der Waals surface area contributed by atoms with Crippen LogP contribution in [0, 0.1) is 5.92 Å². The van der Waals surface area contributed by atoms with Crippen molar-refractivity contribution < 1.29 is 9.53 Å². The highest BCUT2D eigenvalue weighted by molar-refractivity contribution is 5.92. The van der Waals surface area contributed by atoms with Crippen molar-refractivity contribution in [2.24, 2.45) is 5.92 Å². The number of halogens is 1. The summed E-state index contributed by atoms with van der Waals surface area (Å²) >= 11 is 0. The van der Waals surface area contributed by atoms with Crippen molar-refractivity contribution in [1.29, 1.82) is 0 Å². The van der Waals surface area contributed by atoms with Crippen molar-refractivity contribution in [3.63, 3.8) is 0 Å². The van der Waals surface area contributed by atoms with Gasteiger partial charge in [-0.25, -0.2) is 0 Å².